The van der Waals surface area contributed by atoms with E-state index in [0.717, 1.165) is 25.0 Å². The standard InChI is InChI=1S/C12H13N3O5/c16-11(14-7-1-2-7)6-13-8-3-4-10(15(19)20)9(5-8)12(17)18/h3-5,7,13H,1-2,6H2,(H,14,16)(H,17,18). The van der Waals surface area contributed by atoms with Gasteiger partial charge in [-0.3, -0.25) is 14.9 Å². The van der Waals surface area contributed by atoms with E-state index in [4.69, 9.17) is 5.11 Å². The molecule has 8 nitrogen and oxygen atoms in total. The molecule has 1 aliphatic carbocycles. The van der Waals surface area contributed by atoms with Crippen LogP contribution in [0.15, 0.2) is 18.2 Å². The van der Waals surface area contributed by atoms with Gasteiger partial charge in [0.25, 0.3) is 5.69 Å². The largest absolute Gasteiger partial charge is 0.477 e. The molecular weight excluding hydrogens is 266 g/mol. The van der Waals surface area contributed by atoms with Crippen molar-refractivity contribution in [3.05, 3.63) is 33.9 Å². The Morgan fingerprint density at radius 2 is 2.10 bits per heavy atom. The van der Waals surface area contributed by atoms with E-state index >= 15 is 0 Å². The number of hydrogen-bond acceptors (Lipinski definition) is 5. The minimum Gasteiger partial charge on any atom is -0.477 e. The van der Waals surface area contributed by atoms with Gasteiger partial charge in [0.2, 0.25) is 5.91 Å². The van der Waals surface area contributed by atoms with Crippen molar-refractivity contribution in [2.24, 2.45) is 0 Å². The second-order valence-corrected chi connectivity index (χ2v) is 4.49. The number of carboxylic acid groups (broad SMARTS) is 1. The summed E-state index contributed by atoms with van der Waals surface area (Å²) in [5, 5.41) is 25.1. The topological polar surface area (TPSA) is 122 Å². The molecule has 0 heterocycles. The van der Waals surface area contributed by atoms with Gasteiger partial charge in [0.15, 0.2) is 0 Å². The van der Waals surface area contributed by atoms with Crippen LogP contribution in [0.2, 0.25) is 0 Å². The number of nitro benzene ring substituents is 1. The number of carboxylic acids is 1. The lowest BCUT2D eigenvalue weighted by Gasteiger charge is -2.08. The number of benzene rings is 1. The number of aromatic carboxylic acids is 1. The molecule has 8 heteroatoms. The van der Waals surface area contributed by atoms with Crippen LogP contribution in [0.5, 0.6) is 0 Å². The van der Waals surface area contributed by atoms with Gasteiger partial charge in [-0.05, 0) is 25.0 Å². The molecule has 0 radical (unpaired) electrons. The number of nitrogens with one attached hydrogen (secondary N) is 2. The second kappa shape index (κ2) is 5.55. The summed E-state index contributed by atoms with van der Waals surface area (Å²) < 4.78 is 0. The summed E-state index contributed by atoms with van der Waals surface area (Å²) in [6.07, 6.45) is 1.96. The lowest BCUT2D eigenvalue weighted by molar-refractivity contribution is -0.385. The number of amides is 1. The number of carbonyl (C=O) groups is 2. The summed E-state index contributed by atoms with van der Waals surface area (Å²) in [7, 11) is 0. The smallest absolute Gasteiger partial charge is 0.342 e. The normalized spacial score (nSPS) is 13.6. The summed E-state index contributed by atoms with van der Waals surface area (Å²) in [5.41, 5.74) is -0.549. The maximum atomic E-state index is 11.5. The second-order valence-electron chi connectivity index (χ2n) is 4.49. The van der Waals surface area contributed by atoms with Crippen molar-refractivity contribution >= 4 is 23.3 Å². The minimum atomic E-state index is -1.39. The molecule has 0 saturated heterocycles. The first-order valence-corrected chi connectivity index (χ1v) is 6.02. The molecule has 2 rings (SSSR count). The van der Waals surface area contributed by atoms with E-state index in [1.165, 1.54) is 6.07 Å². The van der Waals surface area contributed by atoms with Crippen molar-refractivity contribution in [1.82, 2.24) is 5.32 Å². The third-order valence-corrected chi connectivity index (χ3v) is 2.82. The van der Waals surface area contributed by atoms with Gasteiger partial charge in [0, 0.05) is 17.8 Å². The van der Waals surface area contributed by atoms with Crippen molar-refractivity contribution in [1.29, 1.82) is 0 Å². The number of anilines is 1. The molecule has 106 valence electrons. The number of hydrogen-bond donors (Lipinski definition) is 3. The van der Waals surface area contributed by atoms with Crippen molar-refractivity contribution in [3.63, 3.8) is 0 Å². The molecule has 3 N–H and O–H groups in total. The van der Waals surface area contributed by atoms with E-state index < -0.39 is 22.1 Å². The maximum absolute atomic E-state index is 11.5. The predicted molar refractivity (Wildman–Crippen MR) is 69.7 cm³/mol. The zero-order chi connectivity index (χ0) is 14.7. The van der Waals surface area contributed by atoms with Crippen LogP contribution in [0.3, 0.4) is 0 Å². The maximum Gasteiger partial charge on any atom is 0.342 e. The van der Waals surface area contributed by atoms with Crippen molar-refractivity contribution in [2.75, 3.05) is 11.9 Å². The number of nitrogens with zero attached hydrogens (tertiary/aromatic N) is 1. The summed E-state index contributed by atoms with van der Waals surface area (Å²) in [6.45, 7) is -0.00658. The van der Waals surface area contributed by atoms with E-state index in [9.17, 15) is 19.7 Å². The van der Waals surface area contributed by atoms with E-state index in [2.05, 4.69) is 10.6 Å². The Balaban J connectivity index is 2.04. The highest BCUT2D eigenvalue weighted by atomic mass is 16.6. The molecule has 0 atom stereocenters. The Labute approximate surface area is 113 Å². The van der Waals surface area contributed by atoms with Crippen LogP contribution in [-0.2, 0) is 4.79 Å². The van der Waals surface area contributed by atoms with Gasteiger partial charge in [0.05, 0.1) is 11.5 Å². The van der Waals surface area contributed by atoms with Gasteiger partial charge >= 0.3 is 5.97 Å². The lowest BCUT2D eigenvalue weighted by Crippen LogP contribution is -2.31. The van der Waals surface area contributed by atoms with E-state index in [-0.39, 0.29) is 18.5 Å². The summed E-state index contributed by atoms with van der Waals surface area (Å²) in [4.78, 5) is 32.4. The van der Waals surface area contributed by atoms with Crippen LogP contribution in [0, 0.1) is 10.1 Å². The predicted octanol–water partition coefficient (Wildman–Crippen LogP) is 0.984. The van der Waals surface area contributed by atoms with Gasteiger partial charge in [-0.25, -0.2) is 4.79 Å². The number of rotatable bonds is 6. The highest BCUT2D eigenvalue weighted by Crippen LogP contribution is 2.22. The lowest BCUT2D eigenvalue weighted by atomic mass is 10.1. The van der Waals surface area contributed by atoms with E-state index in [0.29, 0.717) is 5.69 Å². The van der Waals surface area contributed by atoms with Crippen LogP contribution in [0.4, 0.5) is 11.4 Å². The van der Waals surface area contributed by atoms with E-state index in [1.807, 2.05) is 0 Å². The Kier molecular flexibility index (Phi) is 3.83. The third-order valence-electron chi connectivity index (χ3n) is 2.82. The molecule has 1 aromatic rings. The molecule has 1 fully saturated rings. The highest BCUT2D eigenvalue weighted by Gasteiger charge is 2.23. The first-order chi connectivity index (χ1) is 9.47. The van der Waals surface area contributed by atoms with Gasteiger partial charge in [-0.1, -0.05) is 0 Å². The molecule has 0 spiro atoms. The SMILES string of the molecule is O=C(CNc1ccc([N+](=O)[O-])c(C(=O)O)c1)NC1CC1. The highest BCUT2D eigenvalue weighted by molar-refractivity contribution is 5.93. The molecule has 1 saturated carbocycles. The van der Waals surface area contributed by atoms with Crippen molar-refractivity contribution in [2.45, 2.75) is 18.9 Å². The number of nitro groups is 1. The zero-order valence-corrected chi connectivity index (χ0v) is 10.5. The molecule has 20 heavy (non-hydrogen) atoms. The number of carbonyl (C=O) groups excluding carboxylic acids is 1. The molecule has 1 aromatic carbocycles. The Bertz CT molecular complexity index is 568. The van der Waals surface area contributed by atoms with Crippen LogP contribution in [0.25, 0.3) is 0 Å². The van der Waals surface area contributed by atoms with Gasteiger partial charge in [-0.2, -0.15) is 0 Å². The van der Waals surface area contributed by atoms with Crippen LogP contribution < -0.4 is 10.6 Å². The fourth-order valence-corrected chi connectivity index (χ4v) is 1.67. The molecule has 0 unspecified atom stereocenters. The van der Waals surface area contributed by atoms with Gasteiger partial charge < -0.3 is 15.7 Å². The molecule has 0 bridgehead atoms. The fraction of sp³-hybridized carbons (Fsp3) is 0.333. The quantitative estimate of drug-likeness (QED) is 0.527. The first kappa shape index (κ1) is 13.8. The summed E-state index contributed by atoms with van der Waals surface area (Å²) in [6, 6.07) is 3.86. The molecular formula is C12H13N3O5. The summed E-state index contributed by atoms with van der Waals surface area (Å²) in [5.74, 6) is -1.58. The van der Waals surface area contributed by atoms with Crippen LogP contribution in [-0.4, -0.2) is 34.5 Å². The fourth-order valence-electron chi connectivity index (χ4n) is 1.67. The Hall–Kier alpha value is -2.64. The molecule has 1 amide bonds. The third kappa shape index (κ3) is 3.44. The Morgan fingerprint density at radius 3 is 2.65 bits per heavy atom. The first-order valence-electron chi connectivity index (χ1n) is 6.02. The average molecular weight is 279 g/mol. The molecule has 0 aliphatic heterocycles. The zero-order valence-electron chi connectivity index (χ0n) is 10.5. The van der Waals surface area contributed by atoms with E-state index in [1.54, 1.807) is 0 Å². The van der Waals surface area contributed by atoms with Crippen LogP contribution >= 0.6 is 0 Å². The van der Waals surface area contributed by atoms with Gasteiger partial charge in [0.1, 0.15) is 5.56 Å². The molecule has 0 aromatic heterocycles. The average Bonchev–Trinajstić information content (AvgIpc) is 3.19. The monoisotopic (exact) mass is 279 g/mol. The Morgan fingerprint density at radius 1 is 1.40 bits per heavy atom. The van der Waals surface area contributed by atoms with Gasteiger partial charge in [-0.15, -0.1) is 0 Å². The summed E-state index contributed by atoms with van der Waals surface area (Å²) >= 11 is 0. The molecule has 1 aliphatic rings. The minimum absolute atomic E-state index is 0.00658. The van der Waals surface area contributed by atoms with Crippen molar-refractivity contribution in [3.8, 4) is 0 Å². The van der Waals surface area contributed by atoms with Crippen molar-refractivity contribution < 1.29 is 19.6 Å². The van der Waals surface area contributed by atoms with Crippen LogP contribution in [0.1, 0.15) is 23.2 Å².